The Balaban J connectivity index is 1.77. The predicted molar refractivity (Wildman–Crippen MR) is 136 cm³/mol. The summed E-state index contributed by atoms with van der Waals surface area (Å²) in [7, 11) is 3.11. The third kappa shape index (κ3) is 5.29. The van der Waals surface area contributed by atoms with Crippen molar-refractivity contribution in [2.24, 2.45) is 5.41 Å². The molecular formula is C26H29N5O4. The molecule has 0 aliphatic carbocycles. The highest BCUT2D eigenvalue weighted by Crippen LogP contribution is 2.36. The molecule has 2 aromatic carbocycles. The van der Waals surface area contributed by atoms with Crippen molar-refractivity contribution < 1.29 is 19.4 Å². The number of nitrogens with one attached hydrogen (secondary N) is 3. The van der Waals surface area contributed by atoms with E-state index in [0.717, 1.165) is 16.5 Å². The quantitative estimate of drug-likeness (QED) is 0.301. The van der Waals surface area contributed by atoms with Gasteiger partial charge in [0.1, 0.15) is 17.1 Å². The fourth-order valence-corrected chi connectivity index (χ4v) is 3.51. The lowest BCUT2D eigenvalue weighted by Crippen LogP contribution is -2.18. The standard InChI is InChI=1S/C26H29N5O4/c1-26(2,3)14-35-24-21-18(15-6-9-17(32)10-7-15)13-28-22(21)30-25(31-24)29-19-11-8-16(23(33)27-4)12-20(19)34-5/h6-13,32H,14H2,1-5H3,(H,27,33)(H2,28,29,30,31). The second kappa shape index (κ2) is 9.54. The molecule has 0 radical (unpaired) electrons. The highest BCUT2D eigenvalue weighted by Gasteiger charge is 2.20. The van der Waals surface area contributed by atoms with E-state index >= 15 is 0 Å². The van der Waals surface area contributed by atoms with Crippen LogP contribution in [0.2, 0.25) is 0 Å². The number of phenols is 1. The Morgan fingerprint density at radius 3 is 2.51 bits per heavy atom. The number of hydrogen-bond donors (Lipinski definition) is 4. The van der Waals surface area contributed by atoms with Gasteiger partial charge in [0.15, 0.2) is 0 Å². The maximum atomic E-state index is 12.0. The van der Waals surface area contributed by atoms with E-state index in [1.165, 1.54) is 7.11 Å². The van der Waals surface area contributed by atoms with Gasteiger partial charge in [-0.1, -0.05) is 32.9 Å². The van der Waals surface area contributed by atoms with Gasteiger partial charge in [0, 0.05) is 24.4 Å². The molecular weight excluding hydrogens is 446 g/mol. The number of aromatic amines is 1. The van der Waals surface area contributed by atoms with Crippen LogP contribution >= 0.6 is 0 Å². The van der Waals surface area contributed by atoms with Crippen LogP contribution in [0, 0.1) is 5.41 Å². The van der Waals surface area contributed by atoms with Crippen LogP contribution in [0.5, 0.6) is 17.4 Å². The first-order valence-electron chi connectivity index (χ1n) is 11.2. The van der Waals surface area contributed by atoms with Crippen LogP contribution in [0.4, 0.5) is 11.6 Å². The Labute approximate surface area is 203 Å². The van der Waals surface area contributed by atoms with Crippen LogP contribution in [0.3, 0.4) is 0 Å². The lowest BCUT2D eigenvalue weighted by atomic mass is 9.99. The number of carbonyl (C=O) groups excluding carboxylic acids is 1. The predicted octanol–water partition coefficient (Wildman–Crippen LogP) is 4.87. The molecule has 0 atom stereocenters. The third-order valence-corrected chi connectivity index (χ3v) is 5.26. The minimum atomic E-state index is -0.210. The fraction of sp³-hybridized carbons (Fsp3) is 0.269. The molecule has 2 aromatic heterocycles. The smallest absolute Gasteiger partial charge is 0.251 e. The van der Waals surface area contributed by atoms with Crippen LogP contribution in [-0.2, 0) is 0 Å². The number of ether oxygens (including phenoxy) is 2. The number of amides is 1. The van der Waals surface area contributed by atoms with Crippen LogP contribution in [-0.4, -0.2) is 46.7 Å². The van der Waals surface area contributed by atoms with E-state index in [9.17, 15) is 9.90 Å². The van der Waals surface area contributed by atoms with Gasteiger partial charge in [0.05, 0.1) is 24.8 Å². The minimum absolute atomic E-state index is 0.0845. The van der Waals surface area contributed by atoms with Gasteiger partial charge in [-0.05, 0) is 41.3 Å². The lowest BCUT2D eigenvalue weighted by Gasteiger charge is -2.19. The average molecular weight is 476 g/mol. The number of anilines is 2. The molecule has 9 heteroatoms. The number of fused-ring (bicyclic) bond motifs is 1. The van der Waals surface area contributed by atoms with Gasteiger partial charge < -0.3 is 30.2 Å². The van der Waals surface area contributed by atoms with Gasteiger partial charge in [-0.3, -0.25) is 4.79 Å². The summed E-state index contributed by atoms with van der Waals surface area (Å²) in [4.78, 5) is 24.5. The van der Waals surface area contributed by atoms with Gasteiger partial charge in [0.2, 0.25) is 11.8 Å². The largest absolute Gasteiger partial charge is 0.508 e. The van der Waals surface area contributed by atoms with Gasteiger partial charge in [-0.25, -0.2) is 0 Å². The van der Waals surface area contributed by atoms with E-state index < -0.39 is 0 Å². The molecule has 0 bridgehead atoms. The summed E-state index contributed by atoms with van der Waals surface area (Å²) in [5.74, 6) is 1.20. The van der Waals surface area contributed by atoms with Gasteiger partial charge in [-0.15, -0.1) is 0 Å². The lowest BCUT2D eigenvalue weighted by molar-refractivity contribution is 0.0962. The topological polar surface area (TPSA) is 121 Å². The summed E-state index contributed by atoms with van der Waals surface area (Å²) >= 11 is 0. The molecule has 4 aromatic rings. The van der Waals surface area contributed by atoms with E-state index in [0.29, 0.717) is 41.1 Å². The van der Waals surface area contributed by atoms with E-state index in [1.54, 1.807) is 37.4 Å². The molecule has 0 aliphatic heterocycles. The average Bonchev–Trinajstić information content (AvgIpc) is 3.26. The molecule has 4 rings (SSSR count). The fourth-order valence-electron chi connectivity index (χ4n) is 3.51. The summed E-state index contributed by atoms with van der Waals surface area (Å²) in [6, 6.07) is 12.0. The maximum Gasteiger partial charge on any atom is 0.251 e. The number of aromatic nitrogens is 3. The highest BCUT2D eigenvalue weighted by atomic mass is 16.5. The van der Waals surface area contributed by atoms with Crippen molar-refractivity contribution >= 4 is 28.6 Å². The summed E-state index contributed by atoms with van der Waals surface area (Å²) in [5.41, 5.74) is 3.34. The first kappa shape index (κ1) is 23.9. The normalized spacial score (nSPS) is 11.3. The molecule has 0 saturated heterocycles. The van der Waals surface area contributed by atoms with Crippen molar-refractivity contribution in [2.75, 3.05) is 26.1 Å². The Morgan fingerprint density at radius 1 is 1.11 bits per heavy atom. The van der Waals surface area contributed by atoms with E-state index in [-0.39, 0.29) is 17.1 Å². The molecule has 4 N–H and O–H groups in total. The third-order valence-electron chi connectivity index (χ3n) is 5.26. The number of aromatic hydroxyl groups is 1. The van der Waals surface area contributed by atoms with Crippen LogP contribution < -0.4 is 20.1 Å². The Bertz CT molecular complexity index is 1360. The zero-order chi connectivity index (χ0) is 25.2. The van der Waals surface area contributed by atoms with Gasteiger partial charge in [0.25, 0.3) is 5.91 Å². The number of benzene rings is 2. The Morgan fingerprint density at radius 2 is 1.86 bits per heavy atom. The number of phenolic OH excluding ortho intramolecular Hbond substituents is 1. The van der Waals surface area contributed by atoms with Crippen LogP contribution in [0.1, 0.15) is 31.1 Å². The molecule has 0 aliphatic rings. The SMILES string of the molecule is CNC(=O)c1ccc(Nc2nc(OCC(C)(C)C)c3c(-c4ccc(O)cc4)c[nH]c3n2)c(OC)c1. The minimum Gasteiger partial charge on any atom is -0.508 e. The Kier molecular flexibility index (Phi) is 6.50. The molecule has 0 spiro atoms. The van der Waals surface area contributed by atoms with E-state index in [2.05, 4.69) is 46.4 Å². The second-order valence-electron chi connectivity index (χ2n) is 9.29. The zero-order valence-corrected chi connectivity index (χ0v) is 20.4. The number of methoxy groups -OCH3 is 1. The number of nitrogens with zero attached hydrogens (tertiary/aromatic N) is 2. The van der Waals surface area contributed by atoms with Crippen molar-refractivity contribution in [1.82, 2.24) is 20.3 Å². The van der Waals surface area contributed by atoms with E-state index in [1.807, 2.05) is 18.3 Å². The first-order chi connectivity index (χ1) is 16.7. The van der Waals surface area contributed by atoms with Crippen LogP contribution in [0.15, 0.2) is 48.7 Å². The number of rotatable bonds is 7. The van der Waals surface area contributed by atoms with Gasteiger partial charge >= 0.3 is 0 Å². The summed E-state index contributed by atoms with van der Waals surface area (Å²) in [6.07, 6.45) is 1.85. The van der Waals surface area contributed by atoms with Crippen molar-refractivity contribution in [2.45, 2.75) is 20.8 Å². The molecule has 182 valence electrons. The first-order valence-corrected chi connectivity index (χ1v) is 11.2. The summed E-state index contributed by atoms with van der Waals surface area (Å²) < 4.78 is 11.7. The number of hydrogen-bond acceptors (Lipinski definition) is 7. The van der Waals surface area contributed by atoms with Crippen molar-refractivity contribution in [3.8, 4) is 28.5 Å². The molecule has 0 saturated carbocycles. The van der Waals surface area contributed by atoms with Crippen molar-refractivity contribution in [1.29, 1.82) is 0 Å². The molecule has 9 nitrogen and oxygen atoms in total. The maximum absolute atomic E-state index is 12.0. The summed E-state index contributed by atoms with van der Waals surface area (Å²) in [6.45, 7) is 6.70. The van der Waals surface area contributed by atoms with E-state index in [4.69, 9.17) is 9.47 Å². The second-order valence-corrected chi connectivity index (χ2v) is 9.29. The number of carbonyl (C=O) groups is 1. The highest BCUT2D eigenvalue weighted by molar-refractivity contribution is 5.98. The monoisotopic (exact) mass is 475 g/mol. The molecule has 1 amide bonds. The molecule has 0 unspecified atom stereocenters. The molecule has 35 heavy (non-hydrogen) atoms. The molecule has 0 fully saturated rings. The van der Waals surface area contributed by atoms with Crippen molar-refractivity contribution in [3.05, 3.63) is 54.2 Å². The Hall–Kier alpha value is -4.27. The zero-order valence-electron chi connectivity index (χ0n) is 20.4. The van der Waals surface area contributed by atoms with Gasteiger partial charge in [-0.2, -0.15) is 9.97 Å². The number of H-pyrrole nitrogens is 1. The summed E-state index contributed by atoms with van der Waals surface area (Å²) in [5, 5.41) is 16.2. The van der Waals surface area contributed by atoms with Crippen LogP contribution in [0.25, 0.3) is 22.2 Å². The molecule has 2 heterocycles. The van der Waals surface area contributed by atoms with Crippen molar-refractivity contribution in [3.63, 3.8) is 0 Å².